The topological polar surface area (TPSA) is 69.7 Å². The van der Waals surface area contributed by atoms with Gasteiger partial charge >= 0.3 is 0 Å². The third-order valence-corrected chi connectivity index (χ3v) is 10.3. The van der Waals surface area contributed by atoms with E-state index >= 15 is 0 Å². The number of rotatable bonds is 5. The van der Waals surface area contributed by atoms with Gasteiger partial charge in [0.1, 0.15) is 5.82 Å². The average Bonchev–Trinajstić information content (AvgIpc) is 2.74. The summed E-state index contributed by atoms with van der Waals surface area (Å²) in [6.45, 7) is 3.44. The van der Waals surface area contributed by atoms with Gasteiger partial charge in [0.25, 0.3) is 0 Å². The third kappa shape index (κ3) is 4.08. The molecule has 176 valence electrons. The Bertz CT molecular complexity index is 974. The lowest BCUT2D eigenvalue weighted by molar-refractivity contribution is -0.132. The summed E-state index contributed by atoms with van der Waals surface area (Å²) < 4.78 is 40.7. The van der Waals surface area contributed by atoms with E-state index in [-0.39, 0.29) is 40.5 Å². The second-order valence-electron chi connectivity index (χ2n) is 10.4. The van der Waals surface area contributed by atoms with Crippen molar-refractivity contribution in [1.82, 2.24) is 14.5 Å². The first-order valence-corrected chi connectivity index (χ1v) is 13.5. The number of piperazine rings is 1. The molecule has 1 unspecified atom stereocenters. The molecule has 1 aliphatic heterocycles. The van der Waals surface area contributed by atoms with Crippen LogP contribution in [0.2, 0.25) is 5.02 Å². The minimum atomic E-state index is -3.75. The first kappa shape index (κ1) is 22.6. The van der Waals surface area contributed by atoms with Gasteiger partial charge in [0, 0.05) is 31.7 Å². The lowest BCUT2D eigenvalue weighted by Crippen LogP contribution is -2.63. The highest BCUT2D eigenvalue weighted by molar-refractivity contribution is 7.89. The molecule has 0 spiro atoms. The summed E-state index contributed by atoms with van der Waals surface area (Å²) in [5.74, 6) is 1.73. The van der Waals surface area contributed by atoms with E-state index in [4.69, 9.17) is 11.6 Å². The van der Waals surface area contributed by atoms with Gasteiger partial charge in [-0.15, -0.1) is 0 Å². The van der Waals surface area contributed by atoms with Crippen LogP contribution in [0.1, 0.15) is 45.4 Å². The first-order chi connectivity index (χ1) is 15.1. The van der Waals surface area contributed by atoms with Gasteiger partial charge in [0.15, 0.2) is 0 Å². The molecule has 6 rings (SSSR count). The van der Waals surface area contributed by atoms with Crippen molar-refractivity contribution < 1.29 is 17.6 Å². The van der Waals surface area contributed by atoms with Crippen LogP contribution in [0.25, 0.3) is 0 Å². The van der Waals surface area contributed by atoms with E-state index in [2.05, 4.69) is 10.2 Å². The molecule has 1 saturated heterocycles. The number of hydrogen-bond donors (Lipinski definition) is 1. The van der Waals surface area contributed by atoms with Gasteiger partial charge in [-0.2, -0.15) is 4.31 Å². The van der Waals surface area contributed by atoms with Gasteiger partial charge in [-0.3, -0.25) is 9.69 Å². The zero-order chi connectivity index (χ0) is 22.7. The van der Waals surface area contributed by atoms with Crippen LogP contribution in [-0.2, 0) is 14.8 Å². The number of sulfonamides is 1. The van der Waals surface area contributed by atoms with Crippen LogP contribution in [-0.4, -0.2) is 61.3 Å². The van der Waals surface area contributed by atoms with Crippen molar-refractivity contribution in [3.05, 3.63) is 29.0 Å². The predicted molar refractivity (Wildman–Crippen MR) is 120 cm³/mol. The van der Waals surface area contributed by atoms with Crippen LogP contribution in [0.15, 0.2) is 23.1 Å². The highest BCUT2D eigenvalue weighted by Crippen LogP contribution is 2.55. The first-order valence-electron chi connectivity index (χ1n) is 11.7. The van der Waals surface area contributed by atoms with Crippen LogP contribution in [0.4, 0.5) is 4.39 Å². The maximum absolute atomic E-state index is 13.4. The summed E-state index contributed by atoms with van der Waals surface area (Å²) in [5, 5.41) is 3.23. The minimum Gasteiger partial charge on any atom is -0.349 e. The molecule has 4 saturated carbocycles. The highest BCUT2D eigenvalue weighted by atomic mass is 35.5. The summed E-state index contributed by atoms with van der Waals surface area (Å²) in [6, 6.07) is 3.17. The Balaban J connectivity index is 1.19. The molecule has 1 aromatic rings. The predicted octanol–water partition coefficient (Wildman–Crippen LogP) is 3.26. The van der Waals surface area contributed by atoms with Gasteiger partial charge in [0.2, 0.25) is 15.9 Å². The van der Waals surface area contributed by atoms with E-state index < -0.39 is 15.8 Å². The van der Waals surface area contributed by atoms with Gasteiger partial charge in [-0.05, 0) is 81.4 Å². The SMILES string of the molecule is CC(C(=O)NC12CC3CC(CC(C3)C1)C2)N1CCN(S(=O)(=O)c2ccc(F)c(Cl)c2)CC1. The average molecular weight is 484 g/mol. The van der Waals surface area contributed by atoms with Crippen LogP contribution < -0.4 is 5.32 Å². The van der Waals surface area contributed by atoms with Crippen molar-refractivity contribution in [1.29, 1.82) is 0 Å². The lowest BCUT2D eigenvalue weighted by Gasteiger charge is -2.57. The quantitative estimate of drug-likeness (QED) is 0.698. The van der Waals surface area contributed by atoms with E-state index in [1.807, 2.05) is 6.92 Å². The van der Waals surface area contributed by atoms with Crippen molar-refractivity contribution in [3.8, 4) is 0 Å². The van der Waals surface area contributed by atoms with Crippen molar-refractivity contribution in [2.75, 3.05) is 26.2 Å². The minimum absolute atomic E-state index is 0.00930. The fraction of sp³-hybridized carbons (Fsp3) is 0.696. The molecule has 5 fully saturated rings. The maximum atomic E-state index is 13.4. The molecule has 0 aromatic heterocycles. The van der Waals surface area contributed by atoms with Crippen LogP contribution >= 0.6 is 11.6 Å². The Morgan fingerprint density at radius 2 is 1.66 bits per heavy atom. The summed E-state index contributed by atoms with van der Waals surface area (Å²) in [6.07, 6.45) is 7.35. The molecule has 1 heterocycles. The third-order valence-electron chi connectivity index (χ3n) is 8.16. The molecule has 0 radical (unpaired) electrons. The molecule has 4 bridgehead atoms. The van der Waals surface area contributed by atoms with Crippen molar-refractivity contribution in [2.45, 2.75) is 61.9 Å². The molecule has 1 amide bonds. The molecule has 9 heteroatoms. The van der Waals surface area contributed by atoms with Crippen LogP contribution in [0.3, 0.4) is 0 Å². The van der Waals surface area contributed by atoms with Gasteiger partial charge < -0.3 is 5.32 Å². The monoisotopic (exact) mass is 483 g/mol. The van der Waals surface area contributed by atoms with Crippen LogP contribution in [0.5, 0.6) is 0 Å². The number of hydrogen-bond acceptors (Lipinski definition) is 4. The molecule has 4 aliphatic carbocycles. The molecular weight excluding hydrogens is 453 g/mol. The normalized spacial score (nSPS) is 33.9. The summed E-state index contributed by atoms with van der Waals surface area (Å²) in [7, 11) is -3.75. The highest BCUT2D eigenvalue weighted by Gasteiger charge is 2.52. The Hall–Kier alpha value is -1.22. The number of nitrogens with one attached hydrogen (secondary N) is 1. The van der Waals surface area contributed by atoms with Crippen LogP contribution in [0, 0.1) is 23.6 Å². The number of halogens is 2. The van der Waals surface area contributed by atoms with Gasteiger partial charge in [0.05, 0.1) is 16.0 Å². The van der Waals surface area contributed by atoms with E-state index in [9.17, 15) is 17.6 Å². The number of amides is 1. The molecule has 6 nitrogen and oxygen atoms in total. The molecular formula is C23H31ClFN3O3S. The molecule has 1 atom stereocenters. The molecule has 32 heavy (non-hydrogen) atoms. The number of nitrogens with zero attached hydrogens (tertiary/aromatic N) is 2. The van der Waals surface area contributed by atoms with Gasteiger partial charge in [-0.25, -0.2) is 12.8 Å². The van der Waals surface area contributed by atoms with E-state index in [1.165, 1.54) is 29.6 Å². The fourth-order valence-electron chi connectivity index (χ4n) is 6.91. The Morgan fingerprint density at radius 1 is 1.09 bits per heavy atom. The standard InChI is InChI=1S/C23H31ClFN3O3S/c1-15(22(29)26-23-12-16-8-17(13-23)10-18(9-16)14-23)27-4-6-28(7-5-27)32(30,31)19-2-3-21(25)20(24)11-19/h2-3,11,15-18H,4-10,12-14H2,1H3,(H,26,29). The van der Waals surface area contributed by atoms with Crippen molar-refractivity contribution in [2.24, 2.45) is 17.8 Å². The fourth-order valence-corrected chi connectivity index (χ4v) is 8.61. The molecule has 1 N–H and O–H groups in total. The van der Waals surface area contributed by atoms with Gasteiger partial charge in [-0.1, -0.05) is 11.6 Å². The van der Waals surface area contributed by atoms with E-state index in [0.29, 0.717) is 13.1 Å². The summed E-state index contributed by atoms with van der Waals surface area (Å²) in [5.41, 5.74) is -0.0207. The van der Waals surface area contributed by atoms with E-state index in [0.717, 1.165) is 49.1 Å². The van der Waals surface area contributed by atoms with Crippen molar-refractivity contribution in [3.63, 3.8) is 0 Å². The largest absolute Gasteiger partial charge is 0.349 e. The summed E-state index contributed by atoms with van der Waals surface area (Å²) in [4.78, 5) is 15.2. The zero-order valence-corrected chi connectivity index (χ0v) is 20.0. The maximum Gasteiger partial charge on any atom is 0.243 e. The Labute approximate surface area is 194 Å². The second kappa shape index (κ2) is 8.22. The lowest BCUT2D eigenvalue weighted by atomic mass is 9.53. The van der Waals surface area contributed by atoms with E-state index in [1.54, 1.807) is 0 Å². The molecule has 5 aliphatic rings. The number of carbonyl (C=O) groups is 1. The second-order valence-corrected chi connectivity index (χ2v) is 12.7. The molecule has 1 aromatic carbocycles. The number of carbonyl (C=O) groups excluding carboxylic acids is 1. The smallest absolute Gasteiger partial charge is 0.243 e. The Kier molecular flexibility index (Phi) is 5.80. The zero-order valence-electron chi connectivity index (χ0n) is 18.4. The Morgan fingerprint density at radius 3 is 2.19 bits per heavy atom. The number of benzene rings is 1. The van der Waals surface area contributed by atoms with Crippen molar-refractivity contribution >= 4 is 27.5 Å². The summed E-state index contributed by atoms with van der Waals surface area (Å²) >= 11 is 5.78.